The van der Waals surface area contributed by atoms with Crippen molar-refractivity contribution in [2.45, 2.75) is 347 Å². The van der Waals surface area contributed by atoms with E-state index in [1.54, 1.807) is 45.8 Å². The Labute approximate surface area is 712 Å². The van der Waals surface area contributed by atoms with Crippen molar-refractivity contribution in [3.05, 3.63) is 36.4 Å². The first-order valence-electron chi connectivity index (χ1n) is 47.4. The van der Waals surface area contributed by atoms with Crippen molar-refractivity contribution in [3.8, 4) is 0 Å². The maximum absolute atomic E-state index is 13.4. The first-order valence-corrected chi connectivity index (χ1v) is 47.4. The lowest BCUT2D eigenvalue weighted by molar-refractivity contribution is -0.160. The molecule has 0 spiro atoms. The summed E-state index contributed by atoms with van der Waals surface area (Å²) < 4.78 is 112. The predicted octanol–water partition coefficient (Wildman–Crippen LogP) is 15.9. The van der Waals surface area contributed by atoms with Gasteiger partial charge in [0.15, 0.2) is 29.0 Å². The van der Waals surface area contributed by atoms with Crippen LogP contribution in [0.2, 0.25) is 0 Å². The van der Waals surface area contributed by atoms with Crippen LogP contribution in [-0.2, 0) is 45.4 Å². The number of fused-ring (bicyclic) bond motifs is 20. The molecule has 22 nitrogen and oxygen atoms in total. The smallest absolute Gasteiger partial charge is 0.266 e. The van der Waals surface area contributed by atoms with Gasteiger partial charge in [-0.1, -0.05) is 38.1 Å². The van der Waals surface area contributed by atoms with Crippen molar-refractivity contribution in [1.82, 2.24) is 70.4 Å². The summed E-state index contributed by atoms with van der Waals surface area (Å²) in [6.07, 6.45) is 25.6. The third-order valence-electron chi connectivity index (χ3n) is 38.8. The molecule has 0 saturated heterocycles. The molecule has 4 N–H and O–H groups in total. The first kappa shape index (κ1) is 88.4. The molecule has 32 atom stereocenters. The maximum Gasteiger partial charge on any atom is 0.266 e. The minimum Gasteiger partial charge on any atom is -0.384 e. The number of carbonyl (C=O) groups is 4. The Kier molecular flexibility index (Phi) is 24.7. The number of alkyl halides is 8. The number of carbonyl (C=O) groups excluding carboxylic acids is 4. The molecule has 4 aromatic rings. The van der Waals surface area contributed by atoms with Crippen molar-refractivity contribution in [1.29, 1.82) is 0 Å². The van der Waals surface area contributed by atoms with E-state index in [1.165, 1.54) is 4.80 Å². The molecule has 4 heterocycles. The molecule has 676 valence electrons. The van der Waals surface area contributed by atoms with Crippen LogP contribution in [0.15, 0.2) is 24.8 Å². The van der Waals surface area contributed by atoms with Gasteiger partial charge in [-0.05, 0) is 401 Å². The Bertz CT molecular complexity index is 4210. The molecule has 20 rings (SSSR count). The van der Waals surface area contributed by atoms with Gasteiger partial charge in [0.25, 0.3) is 25.7 Å². The lowest BCUT2D eigenvalue weighted by atomic mass is 9.49. The van der Waals surface area contributed by atoms with Crippen LogP contribution in [-0.4, -0.2) is 162 Å². The van der Waals surface area contributed by atoms with Gasteiger partial charge in [-0.25, -0.2) is 49.2 Å². The third kappa shape index (κ3) is 16.0. The zero-order chi connectivity index (χ0) is 86.1. The molecule has 0 amide bonds. The minimum atomic E-state index is -2.65. The molecule has 16 aliphatic carbocycles. The van der Waals surface area contributed by atoms with Gasteiger partial charge in [-0.3, -0.25) is 19.2 Å². The van der Waals surface area contributed by atoms with Gasteiger partial charge in [-0.15, -0.1) is 25.5 Å². The van der Waals surface area contributed by atoms with Crippen LogP contribution in [0, 0.1) is 178 Å². The van der Waals surface area contributed by atoms with E-state index in [9.17, 15) is 74.7 Å². The van der Waals surface area contributed by atoms with Crippen LogP contribution in [0.3, 0.4) is 0 Å². The number of tetrazole rings is 2. The van der Waals surface area contributed by atoms with Crippen molar-refractivity contribution < 1.29 is 74.7 Å². The van der Waals surface area contributed by atoms with Crippen LogP contribution < -0.4 is 0 Å². The summed E-state index contributed by atoms with van der Waals surface area (Å²) in [6.45, 7) is 13.9. The monoisotopic (exact) mass is 1720 g/mol. The zero-order valence-corrected chi connectivity index (χ0v) is 72.5. The van der Waals surface area contributed by atoms with Crippen molar-refractivity contribution in [2.75, 3.05) is 0 Å². The molecule has 4 aromatic heterocycles. The van der Waals surface area contributed by atoms with E-state index in [0.717, 1.165) is 180 Å². The lowest BCUT2D eigenvalue weighted by Gasteiger charge is -2.57. The summed E-state index contributed by atoms with van der Waals surface area (Å²) in [7, 11) is 0. The zero-order valence-electron chi connectivity index (χ0n) is 72.5. The van der Waals surface area contributed by atoms with E-state index in [0.29, 0.717) is 119 Å². The standard InChI is InChI=1S/2C23H34F2N4O2.2C23H33F2N3O2/c1-13-26-27-28-29(13)12-20(30)19-6-5-18-17-4-3-14-11-23(31,21(24)25)10-8-15(14)16(17)7-9-22(18,19)2;1-13-26-28-29(27-13)12-20(30)19-6-5-18-17-4-3-14-11-23(31,21(24)25)10-8-15(14)16(17)7-9-22(18,19)2;2*1-22-8-6-16-15-7-9-23(30,21(24)25)12-14(15)2-3-17(16)18(22)4-5-19(22)20(29)13-28-11-10-26-27-28/h2*14-19,21,31H,3-12H2,1-2H3;2*10-11,14-19,21,30H,2-9,12-13H2,1H3/t4*14-,15+,16-,17-,18+,19-,22+,23-/m1111/s1. The number of hydrogen-bond acceptors (Lipinski definition) is 18. The number of Topliss-reactive ketones (excluding diaryl/α,β-unsaturated/α-hetero) is 4. The fourth-order valence-corrected chi connectivity index (χ4v) is 33.0. The third-order valence-corrected chi connectivity index (χ3v) is 38.8. The summed E-state index contributed by atoms with van der Waals surface area (Å²) in [5.74, 6) is 12.1. The minimum absolute atomic E-state index is 0.0130. The number of ketones is 4. The summed E-state index contributed by atoms with van der Waals surface area (Å²) >= 11 is 0. The Hall–Kier alpha value is -5.62. The fraction of sp³-hybridized carbons (Fsp3) is 0.891. The molecule has 0 radical (unpaired) electrons. The SMILES string of the molecule is C[C@]12CC[C@H]3[C@@H](CC[C@@H]4C[C@@](O)(C(F)F)CC[C@@H]43)[C@@H]1CC[C@@H]2C(=O)Cn1ccnn1.C[C@]12CC[C@H]3[C@@H](CC[C@@H]4C[C@@](O)(C(F)F)CC[C@@H]43)[C@@H]1CC[C@@H]2C(=O)Cn1ccnn1.Cc1nnn(CC(=O)[C@H]2CC[C@H]3[C@@H]4CC[C@@H]5C[C@@](O)(C(F)F)CC[C@@H]5[C@H]4CC[C@]23C)n1.Cc1nnnn1CC(=O)[C@H]1CC[C@H]2[C@@H]3CC[C@@H]4C[C@@](O)(C(F)F)CC[C@@H]4[C@H]3CC[C@]12C. The topological polar surface area (TPSA) is 298 Å². The van der Waals surface area contributed by atoms with Gasteiger partial charge in [0, 0.05) is 36.1 Å². The number of nitrogens with zero attached hydrogens (tertiary/aromatic N) is 14. The number of aromatic nitrogens is 14. The molecule has 0 unspecified atom stereocenters. The van der Waals surface area contributed by atoms with Crippen LogP contribution in [0.25, 0.3) is 0 Å². The van der Waals surface area contributed by atoms with Crippen molar-refractivity contribution in [2.24, 2.45) is 164 Å². The predicted molar refractivity (Wildman–Crippen MR) is 431 cm³/mol. The molecule has 16 fully saturated rings. The van der Waals surface area contributed by atoms with Crippen LogP contribution >= 0.6 is 0 Å². The number of halogens is 8. The second-order valence-corrected chi connectivity index (χ2v) is 43.8. The Balaban J connectivity index is 0.000000116. The van der Waals surface area contributed by atoms with Crippen molar-refractivity contribution >= 4 is 23.1 Å². The van der Waals surface area contributed by atoms with Gasteiger partial charge in [0.1, 0.15) is 54.4 Å². The Morgan fingerprint density at radius 1 is 0.352 bits per heavy atom. The normalized spacial score (nSPS) is 45.1. The fourth-order valence-electron chi connectivity index (χ4n) is 33.0. The van der Waals surface area contributed by atoms with E-state index >= 15 is 0 Å². The van der Waals surface area contributed by atoms with Gasteiger partial charge >= 0.3 is 0 Å². The quantitative estimate of drug-likeness (QED) is 0.0758. The van der Waals surface area contributed by atoms with Gasteiger partial charge in [0.2, 0.25) is 0 Å². The second-order valence-electron chi connectivity index (χ2n) is 43.8. The van der Waals surface area contributed by atoms with E-state index < -0.39 is 48.1 Å². The van der Waals surface area contributed by atoms with Crippen LogP contribution in [0.1, 0.15) is 270 Å². The highest BCUT2D eigenvalue weighted by atomic mass is 19.3. The average Bonchev–Trinajstić information content (AvgIpc) is 1.55. The number of aliphatic hydroxyl groups is 4. The summed E-state index contributed by atoms with van der Waals surface area (Å²) in [5.41, 5.74) is -6.99. The van der Waals surface area contributed by atoms with E-state index in [4.69, 9.17) is 0 Å². The highest BCUT2D eigenvalue weighted by Gasteiger charge is 2.66. The lowest BCUT2D eigenvalue weighted by Crippen LogP contribution is -2.53. The summed E-state index contributed by atoms with van der Waals surface area (Å²) in [4.78, 5) is 54.0. The molecule has 122 heavy (non-hydrogen) atoms. The second kappa shape index (κ2) is 34.1. The molecule has 16 aliphatic rings. The molecule has 0 aliphatic heterocycles. The van der Waals surface area contributed by atoms with Gasteiger partial charge < -0.3 is 20.4 Å². The molecule has 0 bridgehead atoms. The number of hydrogen-bond donors (Lipinski definition) is 4. The van der Waals surface area contributed by atoms with Gasteiger partial charge in [-0.2, -0.15) is 4.80 Å². The average molecular weight is 1720 g/mol. The Morgan fingerprint density at radius 3 is 0.910 bits per heavy atom. The highest BCUT2D eigenvalue weighted by molar-refractivity contribution is 5.83. The van der Waals surface area contributed by atoms with E-state index in [2.05, 4.69) is 79.3 Å². The molecule has 16 saturated carbocycles. The van der Waals surface area contributed by atoms with Gasteiger partial charge in [0.05, 0.1) is 12.4 Å². The van der Waals surface area contributed by atoms with Crippen molar-refractivity contribution in [3.63, 3.8) is 0 Å². The number of aryl methyl sites for hydroxylation is 2. The highest BCUT2D eigenvalue weighted by Crippen LogP contribution is 2.71. The number of rotatable bonds is 16. The summed E-state index contributed by atoms with van der Waals surface area (Å²) in [6, 6.07) is 0. The molecule has 0 aromatic carbocycles. The van der Waals surface area contributed by atoms with E-state index in [-0.39, 0.29) is 157 Å². The maximum atomic E-state index is 13.4. The Morgan fingerprint density at radius 2 is 0.648 bits per heavy atom. The molecular formula is C92H134F8N14O8. The molecule has 30 heteroatoms. The van der Waals surface area contributed by atoms with E-state index in [1.807, 2.05) is 6.92 Å². The summed E-state index contributed by atoms with van der Waals surface area (Å²) in [5, 5.41) is 80.6. The largest absolute Gasteiger partial charge is 0.384 e. The van der Waals surface area contributed by atoms with Crippen LogP contribution in [0.5, 0.6) is 0 Å². The first-order chi connectivity index (χ1) is 58.1. The molecular weight excluding hydrogens is 1580 g/mol. The van der Waals surface area contributed by atoms with Crippen LogP contribution in [0.4, 0.5) is 35.1 Å².